The summed E-state index contributed by atoms with van der Waals surface area (Å²) in [5, 5.41) is 5.87. The molecule has 1 fully saturated rings. The molecule has 20 heavy (non-hydrogen) atoms. The summed E-state index contributed by atoms with van der Waals surface area (Å²) in [5.41, 5.74) is 1.43. The lowest BCUT2D eigenvalue weighted by atomic mass is 10.1. The molecule has 1 aromatic carbocycles. The standard InChI is InChI=1S/C17H22N2S/c1-2-6-15(7-3-1)12-16-13-19(10-5-9-18-16)14-17-8-4-11-20-17/h1-4,6-8,11,16,18H,5,9-10,12-14H2. The first-order chi connectivity index (χ1) is 9.90. The number of thiophene rings is 1. The van der Waals surface area contributed by atoms with Gasteiger partial charge in [-0.1, -0.05) is 36.4 Å². The van der Waals surface area contributed by atoms with E-state index in [1.807, 2.05) is 11.3 Å². The normalized spacial score (nSPS) is 20.7. The van der Waals surface area contributed by atoms with Crippen molar-refractivity contribution in [1.29, 1.82) is 0 Å². The van der Waals surface area contributed by atoms with E-state index >= 15 is 0 Å². The van der Waals surface area contributed by atoms with Crippen LogP contribution in [0.1, 0.15) is 16.9 Å². The van der Waals surface area contributed by atoms with Crippen molar-refractivity contribution in [2.45, 2.75) is 25.4 Å². The predicted octanol–water partition coefficient (Wildman–Crippen LogP) is 3.15. The lowest BCUT2D eigenvalue weighted by Gasteiger charge is -2.24. The second-order valence-corrected chi connectivity index (χ2v) is 6.54. The van der Waals surface area contributed by atoms with Gasteiger partial charge in [0.05, 0.1) is 0 Å². The predicted molar refractivity (Wildman–Crippen MR) is 86.1 cm³/mol. The summed E-state index contributed by atoms with van der Waals surface area (Å²) < 4.78 is 0. The molecule has 1 aromatic heterocycles. The van der Waals surface area contributed by atoms with Gasteiger partial charge in [-0.3, -0.25) is 4.90 Å². The van der Waals surface area contributed by atoms with Crippen LogP contribution < -0.4 is 5.32 Å². The number of hydrogen-bond donors (Lipinski definition) is 1. The number of nitrogens with one attached hydrogen (secondary N) is 1. The summed E-state index contributed by atoms with van der Waals surface area (Å²) in [5.74, 6) is 0. The van der Waals surface area contributed by atoms with E-state index in [2.05, 4.69) is 58.1 Å². The van der Waals surface area contributed by atoms with Gasteiger partial charge in [0.1, 0.15) is 0 Å². The smallest absolute Gasteiger partial charge is 0.0328 e. The van der Waals surface area contributed by atoms with E-state index < -0.39 is 0 Å². The van der Waals surface area contributed by atoms with Gasteiger partial charge in [-0.15, -0.1) is 11.3 Å². The van der Waals surface area contributed by atoms with E-state index in [1.54, 1.807) is 0 Å². The van der Waals surface area contributed by atoms with Crippen LogP contribution in [0.15, 0.2) is 47.8 Å². The van der Waals surface area contributed by atoms with Gasteiger partial charge in [0.15, 0.2) is 0 Å². The lowest BCUT2D eigenvalue weighted by Crippen LogP contribution is -2.38. The zero-order valence-electron chi connectivity index (χ0n) is 11.8. The zero-order chi connectivity index (χ0) is 13.6. The quantitative estimate of drug-likeness (QED) is 0.929. The highest BCUT2D eigenvalue weighted by atomic mass is 32.1. The van der Waals surface area contributed by atoms with E-state index in [0.717, 1.165) is 26.1 Å². The topological polar surface area (TPSA) is 15.3 Å². The molecular weight excluding hydrogens is 264 g/mol. The van der Waals surface area contributed by atoms with Gasteiger partial charge in [-0.25, -0.2) is 0 Å². The molecule has 0 spiro atoms. The summed E-state index contributed by atoms with van der Waals surface area (Å²) >= 11 is 1.87. The third-order valence-electron chi connectivity index (χ3n) is 3.85. The van der Waals surface area contributed by atoms with Gasteiger partial charge >= 0.3 is 0 Å². The molecule has 0 bridgehead atoms. The molecular formula is C17H22N2S. The van der Waals surface area contributed by atoms with Crippen molar-refractivity contribution in [1.82, 2.24) is 10.2 Å². The molecule has 0 aliphatic carbocycles. The zero-order valence-corrected chi connectivity index (χ0v) is 12.6. The average molecular weight is 286 g/mol. The minimum atomic E-state index is 0.569. The van der Waals surface area contributed by atoms with Crippen molar-refractivity contribution >= 4 is 11.3 Å². The van der Waals surface area contributed by atoms with E-state index in [4.69, 9.17) is 0 Å². The van der Waals surface area contributed by atoms with Crippen LogP contribution in [-0.2, 0) is 13.0 Å². The molecule has 1 aliphatic heterocycles. The molecule has 1 atom stereocenters. The molecule has 1 N–H and O–H groups in total. The Kier molecular flexibility index (Phi) is 4.85. The van der Waals surface area contributed by atoms with Crippen molar-refractivity contribution in [2.24, 2.45) is 0 Å². The Bertz CT molecular complexity index is 495. The molecule has 0 radical (unpaired) electrons. The van der Waals surface area contributed by atoms with Crippen molar-refractivity contribution in [3.05, 3.63) is 58.3 Å². The summed E-state index contributed by atoms with van der Waals surface area (Å²) in [7, 11) is 0. The summed E-state index contributed by atoms with van der Waals surface area (Å²) in [6.45, 7) is 4.59. The highest BCUT2D eigenvalue weighted by Gasteiger charge is 2.18. The van der Waals surface area contributed by atoms with Gasteiger partial charge < -0.3 is 5.32 Å². The summed E-state index contributed by atoms with van der Waals surface area (Å²) in [4.78, 5) is 4.07. The fourth-order valence-electron chi connectivity index (χ4n) is 2.88. The fraction of sp³-hybridized carbons (Fsp3) is 0.412. The molecule has 1 saturated heterocycles. The Morgan fingerprint density at radius 3 is 2.85 bits per heavy atom. The molecule has 2 nitrogen and oxygen atoms in total. The molecule has 0 amide bonds. The minimum absolute atomic E-state index is 0.569. The first-order valence-electron chi connectivity index (χ1n) is 7.42. The summed E-state index contributed by atoms with van der Waals surface area (Å²) in [6.07, 6.45) is 2.37. The maximum absolute atomic E-state index is 3.70. The lowest BCUT2D eigenvalue weighted by molar-refractivity contribution is 0.261. The first kappa shape index (κ1) is 13.8. The third kappa shape index (κ3) is 3.92. The largest absolute Gasteiger partial charge is 0.312 e. The number of benzene rings is 1. The Labute approximate surface area is 125 Å². The van der Waals surface area contributed by atoms with E-state index in [0.29, 0.717) is 6.04 Å². The molecule has 3 heteroatoms. The summed E-state index contributed by atoms with van der Waals surface area (Å²) in [6, 6.07) is 15.8. The molecule has 1 aliphatic rings. The Balaban J connectivity index is 1.60. The highest BCUT2D eigenvalue weighted by molar-refractivity contribution is 7.09. The van der Waals surface area contributed by atoms with Gasteiger partial charge in [-0.05, 0) is 42.9 Å². The highest BCUT2D eigenvalue weighted by Crippen LogP contribution is 2.14. The fourth-order valence-corrected chi connectivity index (χ4v) is 3.62. The van der Waals surface area contributed by atoms with Crippen molar-refractivity contribution < 1.29 is 0 Å². The first-order valence-corrected chi connectivity index (χ1v) is 8.30. The van der Waals surface area contributed by atoms with Crippen LogP contribution >= 0.6 is 11.3 Å². The average Bonchev–Trinajstić information content (AvgIpc) is 2.87. The molecule has 106 valence electrons. The maximum Gasteiger partial charge on any atom is 0.0328 e. The number of hydrogen-bond acceptors (Lipinski definition) is 3. The van der Waals surface area contributed by atoms with E-state index in [9.17, 15) is 0 Å². The van der Waals surface area contributed by atoms with Crippen LogP contribution in [0.4, 0.5) is 0 Å². The SMILES string of the molecule is c1ccc(CC2CN(Cc3cccs3)CCCN2)cc1. The monoisotopic (exact) mass is 286 g/mol. The van der Waals surface area contributed by atoms with E-state index in [1.165, 1.54) is 23.4 Å². The van der Waals surface area contributed by atoms with Crippen LogP contribution in [0.2, 0.25) is 0 Å². The Hall–Kier alpha value is -1.16. The van der Waals surface area contributed by atoms with Gasteiger partial charge in [0.2, 0.25) is 0 Å². The molecule has 0 saturated carbocycles. The van der Waals surface area contributed by atoms with Crippen LogP contribution in [0, 0.1) is 0 Å². The molecule has 3 rings (SSSR count). The molecule has 2 heterocycles. The molecule has 1 unspecified atom stereocenters. The van der Waals surface area contributed by atoms with Gasteiger partial charge in [-0.2, -0.15) is 0 Å². The number of nitrogens with zero attached hydrogens (tertiary/aromatic N) is 1. The maximum atomic E-state index is 3.70. The third-order valence-corrected chi connectivity index (χ3v) is 4.71. The Morgan fingerprint density at radius 1 is 1.15 bits per heavy atom. The van der Waals surface area contributed by atoms with E-state index in [-0.39, 0.29) is 0 Å². The van der Waals surface area contributed by atoms with Crippen LogP contribution in [0.5, 0.6) is 0 Å². The van der Waals surface area contributed by atoms with Gasteiger partial charge in [0.25, 0.3) is 0 Å². The minimum Gasteiger partial charge on any atom is -0.312 e. The van der Waals surface area contributed by atoms with Gasteiger partial charge in [0, 0.05) is 24.0 Å². The molecule has 2 aromatic rings. The van der Waals surface area contributed by atoms with Crippen LogP contribution in [0.25, 0.3) is 0 Å². The second-order valence-electron chi connectivity index (χ2n) is 5.51. The number of rotatable bonds is 4. The van der Waals surface area contributed by atoms with Crippen molar-refractivity contribution in [2.75, 3.05) is 19.6 Å². The van der Waals surface area contributed by atoms with Crippen molar-refractivity contribution in [3.63, 3.8) is 0 Å². The van der Waals surface area contributed by atoms with Crippen molar-refractivity contribution in [3.8, 4) is 0 Å². The van der Waals surface area contributed by atoms with Crippen LogP contribution in [0.3, 0.4) is 0 Å². The second kappa shape index (κ2) is 7.02. The Morgan fingerprint density at radius 2 is 2.05 bits per heavy atom. The van der Waals surface area contributed by atoms with Crippen LogP contribution in [-0.4, -0.2) is 30.6 Å².